The van der Waals surface area contributed by atoms with Crippen molar-refractivity contribution >= 4 is 11.3 Å². The molecule has 1 fully saturated rings. The predicted octanol–water partition coefficient (Wildman–Crippen LogP) is 3.04. The van der Waals surface area contributed by atoms with Crippen molar-refractivity contribution in [2.75, 3.05) is 6.61 Å². The van der Waals surface area contributed by atoms with E-state index in [2.05, 4.69) is 10.3 Å². The van der Waals surface area contributed by atoms with Crippen LogP contribution in [0.4, 0.5) is 8.78 Å². The summed E-state index contributed by atoms with van der Waals surface area (Å²) in [6.45, 7) is 1.26. The highest BCUT2D eigenvalue weighted by Gasteiger charge is 2.29. The summed E-state index contributed by atoms with van der Waals surface area (Å²) >= 11 is 1.55. The van der Waals surface area contributed by atoms with Crippen molar-refractivity contribution in [1.29, 1.82) is 0 Å². The molecule has 2 aromatic rings. The van der Waals surface area contributed by atoms with Gasteiger partial charge < -0.3 is 10.1 Å². The van der Waals surface area contributed by atoms with Gasteiger partial charge in [-0.25, -0.2) is 13.8 Å². The van der Waals surface area contributed by atoms with Gasteiger partial charge >= 0.3 is 0 Å². The lowest BCUT2D eigenvalue weighted by molar-refractivity contribution is 0.0980. The molecule has 2 heterocycles. The molecular weight excluding hydrogens is 282 g/mol. The van der Waals surface area contributed by atoms with Gasteiger partial charge in [0.25, 0.3) is 0 Å². The summed E-state index contributed by atoms with van der Waals surface area (Å²) in [4.78, 5) is 4.21. The zero-order valence-corrected chi connectivity index (χ0v) is 11.5. The zero-order chi connectivity index (χ0) is 13.9. The van der Waals surface area contributed by atoms with Gasteiger partial charge in [-0.05, 0) is 24.1 Å². The number of benzene rings is 1. The molecule has 0 amide bonds. The van der Waals surface area contributed by atoms with Gasteiger partial charge in [0, 0.05) is 24.6 Å². The van der Waals surface area contributed by atoms with Crippen LogP contribution < -0.4 is 5.32 Å². The first-order valence-electron chi connectivity index (χ1n) is 6.41. The first-order chi connectivity index (χ1) is 9.74. The van der Waals surface area contributed by atoms with Crippen molar-refractivity contribution in [2.45, 2.75) is 25.1 Å². The second kappa shape index (κ2) is 5.95. The maximum atomic E-state index is 13.3. The van der Waals surface area contributed by atoms with Gasteiger partial charge in [0.05, 0.1) is 17.3 Å². The van der Waals surface area contributed by atoms with Crippen LogP contribution in [0.25, 0.3) is 0 Å². The van der Waals surface area contributed by atoms with E-state index in [0.29, 0.717) is 18.7 Å². The standard InChI is InChI=1S/C14H14F2N2OS/c15-11-2-1-9(5-12(11)16)14-13(3-4-19-14)17-6-10-7-20-8-18-10/h1-2,5,7-8,13-14,17H,3-4,6H2/t13-,14+/m1/s1. The van der Waals surface area contributed by atoms with Gasteiger partial charge in [0.15, 0.2) is 11.6 Å². The van der Waals surface area contributed by atoms with E-state index in [0.717, 1.165) is 18.2 Å². The molecule has 1 N–H and O–H groups in total. The van der Waals surface area contributed by atoms with E-state index < -0.39 is 11.6 Å². The molecule has 0 unspecified atom stereocenters. The third kappa shape index (κ3) is 2.87. The lowest BCUT2D eigenvalue weighted by Gasteiger charge is -2.20. The van der Waals surface area contributed by atoms with E-state index >= 15 is 0 Å². The summed E-state index contributed by atoms with van der Waals surface area (Å²) in [5.74, 6) is -1.67. The first kappa shape index (κ1) is 13.6. The lowest BCUT2D eigenvalue weighted by atomic mass is 10.0. The van der Waals surface area contributed by atoms with Gasteiger partial charge in [-0.2, -0.15) is 0 Å². The number of halogens is 2. The summed E-state index contributed by atoms with van der Waals surface area (Å²) in [6, 6.07) is 4.01. The minimum Gasteiger partial charge on any atom is -0.372 e. The lowest BCUT2D eigenvalue weighted by Crippen LogP contribution is -2.31. The van der Waals surface area contributed by atoms with Gasteiger partial charge in [-0.3, -0.25) is 0 Å². The Kier molecular flexibility index (Phi) is 4.05. The van der Waals surface area contributed by atoms with Crippen molar-refractivity contribution in [2.24, 2.45) is 0 Å². The molecule has 20 heavy (non-hydrogen) atoms. The maximum Gasteiger partial charge on any atom is 0.159 e. The van der Waals surface area contributed by atoms with Crippen molar-refractivity contribution < 1.29 is 13.5 Å². The number of hydrogen-bond acceptors (Lipinski definition) is 4. The second-order valence-electron chi connectivity index (χ2n) is 4.72. The van der Waals surface area contributed by atoms with Crippen molar-refractivity contribution in [3.8, 4) is 0 Å². The van der Waals surface area contributed by atoms with Crippen LogP contribution in [0.5, 0.6) is 0 Å². The normalized spacial score (nSPS) is 22.3. The number of aromatic nitrogens is 1. The smallest absolute Gasteiger partial charge is 0.159 e. The van der Waals surface area contributed by atoms with Crippen LogP contribution in [0.1, 0.15) is 23.8 Å². The maximum absolute atomic E-state index is 13.3. The molecule has 1 aliphatic rings. The minimum atomic E-state index is -0.837. The molecule has 3 nitrogen and oxygen atoms in total. The Morgan fingerprint density at radius 3 is 3.00 bits per heavy atom. The topological polar surface area (TPSA) is 34.1 Å². The third-order valence-electron chi connectivity index (χ3n) is 3.39. The molecule has 0 radical (unpaired) electrons. The van der Waals surface area contributed by atoms with E-state index in [9.17, 15) is 8.78 Å². The van der Waals surface area contributed by atoms with E-state index in [1.807, 2.05) is 5.38 Å². The van der Waals surface area contributed by atoms with Crippen molar-refractivity contribution in [3.63, 3.8) is 0 Å². The second-order valence-corrected chi connectivity index (χ2v) is 5.44. The molecule has 1 aromatic heterocycles. The van der Waals surface area contributed by atoms with E-state index in [1.165, 1.54) is 6.07 Å². The number of thiazole rings is 1. The SMILES string of the molecule is Fc1ccc([C@@H]2OCC[C@H]2NCc2cscn2)cc1F. The number of ether oxygens (including phenoxy) is 1. The van der Waals surface area contributed by atoms with Crippen LogP contribution >= 0.6 is 11.3 Å². The van der Waals surface area contributed by atoms with Gasteiger partial charge in [0.1, 0.15) is 0 Å². The molecular formula is C14H14F2N2OS. The summed E-state index contributed by atoms with van der Waals surface area (Å²) in [5, 5.41) is 5.35. The largest absolute Gasteiger partial charge is 0.372 e. The number of nitrogens with one attached hydrogen (secondary N) is 1. The quantitative estimate of drug-likeness (QED) is 0.941. The van der Waals surface area contributed by atoms with Crippen LogP contribution in [-0.4, -0.2) is 17.6 Å². The average molecular weight is 296 g/mol. The molecule has 3 rings (SSSR count). The molecule has 2 atom stereocenters. The predicted molar refractivity (Wildman–Crippen MR) is 72.4 cm³/mol. The fraction of sp³-hybridized carbons (Fsp3) is 0.357. The number of rotatable bonds is 4. The van der Waals surface area contributed by atoms with E-state index in [1.54, 1.807) is 22.9 Å². The monoisotopic (exact) mass is 296 g/mol. The molecule has 6 heteroatoms. The zero-order valence-electron chi connectivity index (χ0n) is 10.7. The highest BCUT2D eigenvalue weighted by molar-refractivity contribution is 7.07. The first-order valence-corrected chi connectivity index (χ1v) is 7.35. The van der Waals surface area contributed by atoms with E-state index in [4.69, 9.17) is 4.74 Å². The molecule has 1 aromatic carbocycles. The molecule has 0 spiro atoms. The van der Waals surface area contributed by atoms with Gasteiger partial charge in [0.2, 0.25) is 0 Å². The Morgan fingerprint density at radius 1 is 1.35 bits per heavy atom. The Bertz CT molecular complexity index is 577. The van der Waals surface area contributed by atoms with Gasteiger partial charge in [-0.1, -0.05) is 6.07 Å². The Balaban J connectivity index is 1.69. The van der Waals surface area contributed by atoms with Crippen LogP contribution in [0, 0.1) is 11.6 Å². The van der Waals surface area contributed by atoms with Crippen LogP contribution in [0.3, 0.4) is 0 Å². The fourth-order valence-corrected chi connectivity index (χ4v) is 2.94. The summed E-state index contributed by atoms with van der Waals surface area (Å²) in [6.07, 6.45) is 0.595. The molecule has 0 aliphatic carbocycles. The Morgan fingerprint density at radius 2 is 2.25 bits per heavy atom. The van der Waals surface area contributed by atoms with Gasteiger partial charge in [-0.15, -0.1) is 11.3 Å². The third-order valence-corrected chi connectivity index (χ3v) is 4.03. The summed E-state index contributed by atoms with van der Waals surface area (Å²) < 4.78 is 31.9. The van der Waals surface area contributed by atoms with Crippen molar-refractivity contribution in [1.82, 2.24) is 10.3 Å². The summed E-state index contributed by atoms with van der Waals surface area (Å²) in [5.41, 5.74) is 3.43. The molecule has 106 valence electrons. The minimum absolute atomic E-state index is 0.0848. The highest BCUT2D eigenvalue weighted by Crippen LogP contribution is 2.30. The van der Waals surface area contributed by atoms with Crippen LogP contribution in [0.2, 0.25) is 0 Å². The molecule has 0 saturated carbocycles. The Labute approximate surface area is 119 Å². The average Bonchev–Trinajstić information content (AvgIpc) is 3.10. The van der Waals surface area contributed by atoms with Crippen molar-refractivity contribution in [3.05, 3.63) is 52.0 Å². The summed E-state index contributed by atoms with van der Waals surface area (Å²) in [7, 11) is 0. The van der Waals surface area contributed by atoms with Crippen LogP contribution in [0.15, 0.2) is 29.1 Å². The Hall–Kier alpha value is -1.37. The highest BCUT2D eigenvalue weighted by atomic mass is 32.1. The number of nitrogens with zero attached hydrogens (tertiary/aromatic N) is 1. The fourth-order valence-electron chi connectivity index (χ4n) is 2.38. The van der Waals surface area contributed by atoms with E-state index in [-0.39, 0.29) is 12.1 Å². The van der Waals surface area contributed by atoms with Crippen LogP contribution in [-0.2, 0) is 11.3 Å². The number of hydrogen-bond donors (Lipinski definition) is 1. The molecule has 1 aliphatic heterocycles. The molecule has 1 saturated heterocycles. The molecule has 0 bridgehead atoms.